The number of aromatic nitrogens is 2. The first-order valence-corrected chi connectivity index (χ1v) is 5.58. The minimum absolute atomic E-state index is 0.0944. The SMILES string of the molecule is O=C(O)C(C(=O)O)c1cn(C2CCCC2)cn1. The molecule has 0 saturated heterocycles. The predicted octanol–water partition coefficient (Wildman–Crippen LogP) is 1.25. The maximum Gasteiger partial charge on any atom is 0.324 e. The van der Waals surface area contributed by atoms with Gasteiger partial charge in [-0.3, -0.25) is 9.59 Å². The summed E-state index contributed by atoms with van der Waals surface area (Å²) in [5.74, 6) is -4.33. The first-order valence-electron chi connectivity index (χ1n) is 5.58. The van der Waals surface area contributed by atoms with E-state index < -0.39 is 17.9 Å². The minimum Gasteiger partial charge on any atom is -0.480 e. The van der Waals surface area contributed by atoms with Crippen LogP contribution in [0.25, 0.3) is 0 Å². The molecule has 2 rings (SSSR count). The Morgan fingerprint density at radius 1 is 1.29 bits per heavy atom. The van der Waals surface area contributed by atoms with Crippen molar-refractivity contribution in [3.05, 3.63) is 18.2 Å². The lowest BCUT2D eigenvalue weighted by molar-refractivity contribution is -0.150. The molecule has 0 aromatic carbocycles. The Morgan fingerprint density at radius 2 is 1.88 bits per heavy atom. The van der Waals surface area contributed by atoms with Gasteiger partial charge in [0.1, 0.15) is 0 Å². The molecule has 1 fully saturated rings. The van der Waals surface area contributed by atoms with Gasteiger partial charge in [-0.15, -0.1) is 0 Å². The molecule has 1 aliphatic carbocycles. The van der Waals surface area contributed by atoms with E-state index in [2.05, 4.69) is 4.98 Å². The molecule has 1 aromatic rings. The number of aliphatic carboxylic acids is 2. The first-order chi connectivity index (χ1) is 8.09. The summed E-state index contributed by atoms with van der Waals surface area (Å²) in [4.78, 5) is 25.6. The van der Waals surface area contributed by atoms with E-state index in [1.807, 2.05) is 4.57 Å². The second kappa shape index (κ2) is 4.57. The maximum atomic E-state index is 10.8. The molecular formula is C11H14N2O4. The first kappa shape index (κ1) is 11.6. The molecule has 6 heteroatoms. The maximum absolute atomic E-state index is 10.8. The molecule has 1 saturated carbocycles. The van der Waals surface area contributed by atoms with E-state index in [-0.39, 0.29) is 5.69 Å². The highest BCUT2D eigenvalue weighted by Gasteiger charge is 2.30. The Labute approximate surface area is 97.9 Å². The van der Waals surface area contributed by atoms with E-state index >= 15 is 0 Å². The third-order valence-electron chi connectivity index (χ3n) is 3.16. The second-order valence-electron chi connectivity index (χ2n) is 4.29. The Balaban J connectivity index is 2.21. The van der Waals surface area contributed by atoms with Crippen LogP contribution in [-0.2, 0) is 9.59 Å². The summed E-state index contributed by atoms with van der Waals surface area (Å²) >= 11 is 0. The van der Waals surface area contributed by atoms with Crippen molar-refractivity contribution in [2.75, 3.05) is 0 Å². The zero-order chi connectivity index (χ0) is 12.4. The van der Waals surface area contributed by atoms with Gasteiger partial charge in [-0.25, -0.2) is 4.98 Å². The zero-order valence-corrected chi connectivity index (χ0v) is 9.24. The Bertz CT molecular complexity index is 420. The monoisotopic (exact) mass is 238 g/mol. The van der Waals surface area contributed by atoms with Crippen LogP contribution in [0.1, 0.15) is 43.3 Å². The average Bonchev–Trinajstić information content (AvgIpc) is 2.83. The topological polar surface area (TPSA) is 92.4 Å². The highest BCUT2D eigenvalue weighted by atomic mass is 16.4. The molecule has 0 atom stereocenters. The van der Waals surface area contributed by atoms with Gasteiger partial charge in [0.15, 0.2) is 5.92 Å². The fraction of sp³-hybridized carbons (Fsp3) is 0.545. The van der Waals surface area contributed by atoms with E-state index in [4.69, 9.17) is 10.2 Å². The summed E-state index contributed by atoms with van der Waals surface area (Å²) in [5, 5.41) is 17.7. The smallest absolute Gasteiger partial charge is 0.324 e. The van der Waals surface area contributed by atoms with Crippen molar-refractivity contribution >= 4 is 11.9 Å². The van der Waals surface area contributed by atoms with Gasteiger partial charge < -0.3 is 14.8 Å². The van der Waals surface area contributed by atoms with Gasteiger partial charge >= 0.3 is 11.9 Å². The Morgan fingerprint density at radius 3 is 2.41 bits per heavy atom. The van der Waals surface area contributed by atoms with Gasteiger partial charge in [0.25, 0.3) is 0 Å². The fourth-order valence-corrected chi connectivity index (χ4v) is 2.26. The fourth-order valence-electron chi connectivity index (χ4n) is 2.26. The zero-order valence-electron chi connectivity index (χ0n) is 9.24. The van der Waals surface area contributed by atoms with Crippen LogP contribution >= 0.6 is 0 Å². The van der Waals surface area contributed by atoms with E-state index in [1.54, 1.807) is 6.20 Å². The van der Waals surface area contributed by atoms with E-state index in [9.17, 15) is 9.59 Å². The van der Waals surface area contributed by atoms with Crippen molar-refractivity contribution in [1.82, 2.24) is 9.55 Å². The quantitative estimate of drug-likeness (QED) is 0.770. The molecule has 6 nitrogen and oxygen atoms in total. The standard InChI is InChI=1S/C11H14N2O4/c14-10(15)9(11(16)17)8-5-13(6-12-8)7-3-1-2-4-7/h5-7,9H,1-4H2,(H,14,15)(H,16,17). The molecule has 92 valence electrons. The van der Waals surface area contributed by atoms with E-state index in [1.165, 1.54) is 6.33 Å². The van der Waals surface area contributed by atoms with Gasteiger partial charge in [0.2, 0.25) is 0 Å². The third-order valence-corrected chi connectivity index (χ3v) is 3.16. The van der Waals surface area contributed by atoms with Gasteiger partial charge in [-0.2, -0.15) is 0 Å². The Hall–Kier alpha value is -1.85. The summed E-state index contributed by atoms with van der Waals surface area (Å²) < 4.78 is 1.83. The molecule has 1 heterocycles. The second-order valence-corrected chi connectivity index (χ2v) is 4.29. The van der Waals surface area contributed by atoms with Crippen LogP contribution in [0, 0.1) is 0 Å². The minimum atomic E-state index is -1.57. The lowest BCUT2D eigenvalue weighted by Crippen LogP contribution is -2.21. The van der Waals surface area contributed by atoms with E-state index in [0.29, 0.717) is 6.04 Å². The van der Waals surface area contributed by atoms with Crippen LogP contribution in [0.5, 0.6) is 0 Å². The molecular weight excluding hydrogens is 224 g/mol. The van der Waals surface area contributed by atoms with Crippen molar-refractivity contribution in [2.24, 2.45) is 0 Å². The van der Waals surface area contributed by atoms with Crippen molar-refractivity contribution in [3.63, 3.8) is 0 Å². The number of hydrogen-bond acceptors (Lipinski definition) is 3. The van der Waals surface area contributed by atoms with Gasteiger partial charge in [-0.05, 0) is 12.8 Å². The normalized spacial score (nSPS) is 16.5. The number of carboxylic acid groups (broad SMARTS) is 2. The largest absolute Gasteiger partial charge is 0.480 e. The van der Waals surface area contributed by atoms with Crippen LogP contribution in [0.3, 0.4) is 0 Å². The highest BCUT2D eigenvalue weighted by molar-refractivity contribution is 5.98. The molecule has 0 amide bonds. The lowest BCUT2D eigenvalue weighted by Gasteiger charge is -2.09. The van der Waals surface area contributed by atoms with Crippen LogP contribution in [0.4, 0.5) is 0 Å². The highest BCUT2D eigenvalue weighted by Crippen LogP contribution is 2.30. The van der Waals surface area contributed by atoms with E-state index in [0.717, 1.165) is 25.7 Å². The van der Waals surface area contributed by atoms with Crippen LogP contribution in [0.15, 0.2) is 12.5 Å². The molecule has 0 unspecified atom stereocenters. The Kier molecular flexibility index (Phi) is 3.12. The third kappa shape index (κ3) is 2.30. The van der Waals surface area contributed by atoms with Crippen LogP contribution in [-0.4, -0.2) is 31.7 Å². The summed E-state index contributed by atoms with van der Waals surface area (Å²) in [6, 6.07) is 0.333. The van der Waals surface area contributed by atoms with Crippen molar-refractivity contribution in [1.29, 1.82) is 0 Å². The molecule has 17 heavy (non-hydrogen) atoms. The predicted molar refractivity (Wildman–Crippen MR) is 57.7 cm³/mol. The van der Waals surface area contributed by atoms with Crippen LogP contribution in [0.2, 0.25) is 0 Å². The molecule has 2 N–H and O–H groups in total. The lowest BCUT2D eigenvalue weighted by atomic mass is 10.1. The number of nitrogens with zero attached hydrogens (tertiary/aromatic N) is 2. The molecule has 0 radical (unpaired) electrons. The van der Waals surface area contributed by atoms with Crippen LogP contribution < -0.4 is 0 Å². The number of hydrogen-bond donors (Lipinski definition) is 2. The van der Waals surface area contributed by atoms with Gasteiger partial charge in [0, 0.05) is 12.2 Å². The van der Waals surface area contributed by atoms with Crippen molar-refractivity contribution < 1.29 is 19.8 Å². The molecule has 0 aliphatic heterocycles. The summed E-state index contributed by atoms with van der Waals surface area (Å²) in [6.45, 7) is 0. The average molecular weight is 238 g/mol. The number of carboxylic acids is 2. The van der Waals surface area contributed by atoms with Crippen molar-refractivity contribution in [3.8, 4) is 0 Å². The number of rotatable bonds is 4. The molecule has 0 spiro atoms. The molecule has 0 bridgehead atoms. The summed E-state index contributed by atoms with van der Waals surface area (Å²) in [7, 11) is 0. The molecule has 1 aromatic heterocycles. The van der Waals surface area contributed by atoms with Gasteiger partial charge in [0.05, 0.1) is 12.0 Å². The summed E-state index contributed by atoms with van der Waals surface area (Å²) in [5.41, 5.74) is 0.0944. The number of imidazole rings is 1. The van der Waals surface area contributed by atoms with Crippen molar-refractivity contribution in [2.45, 2.75) is 37.6 Å². The molecule has 1 aliphatic rings. The van der Waals surface area contributed by atoms with Gasteiger partial charge in [-0.1, -0.05) is 12.8 Å². The summed E-state index contributed by atoms with van der Waals surface area (Å²) in [6.07, 6.45) is 7.47. The number of carbonyl (C=O) groups is 2.